The fraction of sp³-hybridized carbons (Fsp3) is 0.667. The predicted octanol–water partition coefficient (Wildman–Crippen LogP) is 4.89. The molecule has 4 unspecified atom stereocenters. The number of pyridine rings is 1. The Labute approximate surface area is 240 Å². The van der Waals surface area contributed by atoms with E-state index < -0.39 is 17.3 Å². The predicted molar refractivity (Wildman–Crippen MR) is 151 cm³/mol. The number of hydrogen-bond acceptors (Lipinski definition) is 6. The van der Waals surface area contributed by atoms with Gasteiger partial charge < -0.3 is 10.6 Å². The van der Waals surface area contributed by atoms with Crippen LogP contribution in [0.1, 0.15) is 106 Å². The number of nitrogens with zero attached hydrogens (tertiary/aromatic N) is 3. The van der Waals surface area contributed by atoms with Gasteiger partial charge in [-0.05, 0) is 56.2 Å². The minimum absolute atomic E-state index is 0.0221. The topological polar surface area (TPSA) is 110 Å². The van der Waals surface area contributed by atoms with E-state index in [0.717, 1.165) is 50.9 Å². The van der Waals surface area contributed by atoms with Gasteiger partial charge in [-0.2, -0.15) is 18.3 Å². The van der Waals surface area contributed by atoms with E-state index in [9.17, 15) is 22.8 Å². The molecule has 2 fully saturated rings. The van der Waals surface area contributed by atoms with E-state index in [0.29, 0.717) is 42.0 Å². The van der Waals surface area contributed by atoms with Crippen LogP contribution in [0.5, 0.6) is 0 Å². The molecule has 0 radical (unpaired) electrons. The van der Waals surface area contributed by atoms with E-state index in [2.05, 4.69) is 53.6 Å². The monoisotopic (exact) mass is 577 g/mol. The molecule has 0 aromatic carbocycles. The standard InChI is InChI=1S/C22H33F3N4O2.C8H10N2/c1-4-7-8-15-13-29(15,14(5-2)6-3)18(30)11-12-26-17-10-9-16-19(22(23,24)25)21(31)28-27-20(16)17;1-6-2-3-7(4-9-6)8-5-10-8/h14-15,17,26H,4-13H2,1-3H3;2-4,8,10H,5H2,1H3/p+1. The fourth-order valence-electron chi connectivity index (χ4n) is 6.47. The summed E-state index contributed by atoms with van der Waals surface area (Å²) in [5, 5.41) is 12.3. The van der Waals surface area contributed by atoms with Crippen LogP contribution in [0.2, 0.25) is 0 Å². The summed E-state index contributed by atoms with van der Waals surface area (Å²) in [6.45, 7) is 10.9. The smallest absolute Gasteiger partial charge is 0.308 e. The molecule has 8 nitrogen and oxygen atoms in total. The molecule has 2 aromatic rings. The van der Waals surface area contributed by atoms with E-state index >= 15 is 0 Å². The molecular formula is C30H44F3N6O2+. The van der Waals surface area contributed by atoms with Crippen LogP contribution < -0.4 is 16.2 Å². The van der Waals surface area contributed by atoms with Crippen molar-refractivity contribution in [2.45, 2.75) is 109 Å². The maximum absolute atomic E-state index is 13.3. The van der Waals surface area contributed by atoms with Crippen molar-refractivity contribution in [1.29, 1.82) is 0 Å². The number of rotatable bonds is 11. The Balaban J connectivity index is 0.000000322. The number of H-pyrrole nitrogens is 1. The zero-order chi connectivity index (χ0) is 29.8. The molecular weight excluding hydrogens is 533 g/mol. The van der Waals surface area contributed by atoms with Gasteiger partial charge in [-0.25, -0.2) is 14.4 Å². The van der Waals surface area contributed by atoms with Crippen LogP contribution in [-0.2, 0) is 17.4 Å². The molecule has 4 atom stereocenters. The molecule has 0 bridgehead atoms. The summed E-state index contributed by atoms with van der Waals surface area (Å²) in [5.74, 6) is 0.228. The second-order valence-electron chi connectivity index (χ2n) is 11.6. The van der Waals surface area contributed by atoms with E-state index in [4.69, 9.17) is 0 Å². The number of unbranched alkanes of at least 4 members (excludes halogenated alkanes) is 1. The molecule has 2 aromatic heterocycles. The van der Waals surface area contributed by atoms with Crippen LogP contribution in [0.3, 0.4) is 0 Å². The van der Waals surface area contributed by atoms with Gasteiger partial charge in [-0.1, -0.05) is 33.3 Å². The highest BCUT2D eigenvalue weighted by Gasteiger charge is 2.62. The minimum atomic E-state index is -4.70. The Hall–Kier alpha value is -2.63. The normalized spacial score (nSPS) is 24.5. The van der Waals surface area contributed by atoms with E-state index in [1.165, 1.54) is 5.56 Å². The number of alkyl halides is 3. The van der Waals surface area contributed by atoms with Crippen molar-refractivity contribution in [1.82, 2.24) is 25.8 Å². The third-order valence-corrected chi connectivity index (χ3v) is 8.87. The molecule has 3 N–H and O–H groups in total. The lowest BCUT2D eigenvalue weighted by atomic mass is 10.1. The Morgan fingerprint density at radius 1 is 1.22 bits per heavy atom. The first-order valence-corrected chi connectivity index (χ1v) is 15.0. The van der Waals surface area contributed by atoms with Gasteiger partial charge in [0, 0.05) is 37.4 Å². The zero-order valence-electron chi connectivity index (χ0n) is 24.6. The molecule has 11 heteroatoms. The Morgan fingerprint density at radius 2 is 1.95 bits per heavy atom. The molecule has 1 amide bonds. The van der Waals surface area contributed by atoms with Gasteiger partial charge in [0.1, 0.15) is 18.2 Å². The van der Waals surface area contributed by atoms with Crippen molar-refractivity contribution >= 4 is 5.91 Å². The van der Waals surface area contributed by atoms with E-state index in [1.807, 2.05) is 18.2 Å². The summed E-state index contributed by atoms with van der Waals surface area (Å²) in [7, 11) is 0. The van der Waals surface area contributed by atoms with Gasteiger partial charge in [-0.15, -0.1) is 0 Å². The quantitative estimate of drug-likeness (QED) is 0.259. The Kier molecular flexibility index (Phi) is 10.0. The number of quaternary nitrogens is 1. The number of aromatic nitrogens is 3. The third-order valence-electron chi connectivity index (χ3n) is 8.87. The van der Waals surface area contributed by atoms with Crippen LogP contribution in [-0.4, -0.2) is 57.3 Å². The van der Waals surface area contributed by atoms with Gasteiger partial charge in [0.15, 0.2) is 0 Å². The van der Waals surface area contributed by atoms with Crippen LogP contribution in [0.15, 0.2) is 23.1 Å². The summed E-state index contributed by atoms with van der Waals surface area (Å²) < 4.78 is 40.4. The highest BCUT2D eigenvalue weighted by Crippen LogP contribution is 2.42. The average molecular weight is 578 g/mol. The van der Waals surface area contributed by atoms with Crippen molar-refractivity contribution in [2.75, 3.05) is 19.6 Å². The van der Waals surface area contributed by atoms with Crippen LogP contribution in [0.4, 0.5) is 13.2 Å². The maximum atomic E-state index is 13.3. The number of carbonyl (C=O) groups is 1. The average Bonchev–Trinajstić information content (AvgIpc) is 3.86. The lowest BCUT2D eigenvalue weighted by molar-refractivity contribution is -0.765. The summed E-state index contributed by atoms with van der Waals surface area (Å²) in [5.41, 5.74) is 0.286. The van der Waals surface area contributed by atoms with E-state index in [-0.39, 0.29) is 29.6 Å². The number of carbonyl (C=O) groups excluding carboxylic acids is 1. The molecule has 0 spiro atoms. The molecule has 226 valence electrons. The first kappa shape index (κ1) is 31.3. The summed E-state index contributed by atoms with van der Waals surface area (Å²) in [6.07, 6.45) is 3.41. The fourth-order valence-corrected chi connectivity index (χ4v) is 6.47. The second-order valence-corrected chi connectivity index (χ2v) is 11.6. The molecule has 1 aliphatic carbocycles. The highest BCUT2D eigenvalue weighted by molar-refractivity contribution is 5.71. The Morgan fingerprint density at radius 3 is 2.54 bits per heavy atom. The summed E-state index contributed by atoms with van der Waals surface area (Å²) in [4.78, 5) is 29.1. The molecule has 2 aliphatic heterocycles. The van der Waals surface area contributed by atoms with Crippen molar-refractivity contribution < 1.29 is 22.4 Å². The molecule has 0 saturated carbocycles. The lowest BCUT2D eigenvalue weighted by Gasteiger charge is -2.27. The third kappa shape index (κ3) is 7.06. The zero-order valence-corrected chi connectivity index (χ0v) is 24.6. The molecule has 4 heterocycles. The molecule has 41 heavy (non-hydrogen) atoms. The van der Waals surface area contributed by atoms with Crippen LogP contribution in [0, 0.1) is 6.92 Å². The van der Waals surface area contributed by atoms with Gasteiger partial charge in [0.05, 0.1) is 24.2 Å². The SMILES string of the molecule is CCCCC1C[N+]1(C(=O)CCNC1CCc2c1n[nH]c(=O)c2C(F)(F)F)C(CC)CC.Cc1ccc(C2CN2)cn1. The number of nitrogens with one attached hydrogen (secondary N) is 3. The number of amides is 1. The Bertz CT molecular complexity index is 1240. The van der Waals surface area contributed by atoms with Crippen molar-refractivity contribution in [3.05, 3.63) is 56.8 Å². The van der Waals surface area contributed by atoms with Crippen LogP contribution >= 0.6 is 0 Å². The number of aryl methyl sites for hydroxylation is 1. The molecule has 5 rings (SSSR count). The van der Waals surface area contributed by atoms with Crippen molar-refractivity contribution in [2.24, 2.45) is 0 Å². The minimum Gasteiger partial charge on any atom is -0.308 e. The number of halogens is 3. The summed E-state index contributed by atoms with van der Waals surface area (Å²) >= 11 is 0. The molecule has 3 aliphatic rings. The van der Waals surface area contributed by atoms with Crippen molar-refractivity contribution in [3.63, 3.8) is 0 Å². The van der Waals surface area contributed by atoms with E-state index in [1.54, 1.807) is 0 Å². The summed E-state index contributed by atoms with van der Waals surface area (Å²) in [6, 6.07) is 5.14. The first-order valence-electron chi connectivity index (χ1n) is 15.0. The first-order chi connectivity index (χ1) is 19.6. The number of fused-ring (bicyclic) bond motifs is 1. The maximum Gasteiger partial charge on any atom is 0.422 e. The largest absolute Gasteiger partial charge is 0.422 e. The van der Waals surface area contributed by atoms with Crippen LogP contribution in [0.25, 0.3) is 0 Å². The van der Waals surface area contributed by atoms with Crippen molar-refractivity contribution in [3.8, 4) is 0 Å². The lowest BCUT2D eigenvalue weighted by Crippen LogP contribution is -2.46. The second kappa shape index (κ2) is 13.1. The molecule has 2 saturated heterocycles. The van der Waals surface area contributed by atoms with Gasteiger partial charge in [0.2, 0.25) is 0 Å². The number of aromatic amines is 1. The van der Waals surface area contributed by atoms with Gasteiger partial charge >= 0.3 is 12.1 Å². The number of hydrogen-bond donors (Lipinski definition) is 3. The van der Waals surface area contributed by atoms with Gasteiger partial charge in [-0.3, -0.25) is 9.78 Å². The highest BCUT2D eigenvalue weighted by atomic mass is 19.4. The van der Waals surface area contributed by atoms with Gasteiger partial charge in [0.25, 0.3) is 5.56 Å².